The standard InChI is InChI=1S/C27H29Cl2NO2/c1-18(2)17-32-25-13-12-24(20-8-4-5-9-21(20)25)30-26(31)27(14-6-3-7-15-27)22-11-10-19(28)16-23(22)29/h4-5,8-13,16,18H,3,6-7,14-15,17H2,1-2H3,(H,30,31). The fraction of sp³-hybridized carbons (Fsp3) is 0.370. The van der Waals surface area contributed by atoms with Crippen molar-refractivity contribution < 1.29 is 9.53 Å². The maximum atomic E-state index is 13.8. The van der Waals surface area contributed by atoms with E-state index in [0.717, 1.165) is 59.9 Å². The molecule has 3 nitrogen and oxygen atoms in total. The molecule has 0 aliphatic heterocycles. The number of rotatable bonds is 6. The van der Waals surface area contributed by atoms with Crippen LogP contribution in [0.15, 0.2) is 54.6 Å². The highest BCUT2D eigenvalue weighted by Gasteiger charge is 2.42. The van der Waals surface area contributed by atoms with E-state index < -0.39 is 5.41 Å². The van der Waals surface area contributed by atoms with Gasteiger partial charge < -0.3 is 10.1 Å². The Morgan fingerprint density at radius 1 is 1.00 bits per heavy atom. The summed E-state index contributed by atoms with van der Waals surface area (Å²) in [5, 5.41) is 6.33. The van der Waals surface area contributed by atoms with Crippen molar-refractivity contribution in [2.24, 2.45) is 5.92 Å². The summed E-state index contributed by atoms with van der Waals surface area (Å²) in [4.78, 5) is 13.8. The molecule has 1 aliphatic carbocycles. The second-order valence-electron chi connectivity index (χ2n) is 9.08. The molecule has 0 radical (unpaired) electrons. The van der Waals surface area contributed by atoms with Crippen LogP contribution in [0.5, 0.6) is 5.75 Å². The van der Waals surface area contributed by atoms with E-state index >= 15 is 0 Å². The monoisotopic (exact) mass is 469 g/mol. The number of benzene rings is 3. The van der Waals surface area contributed by atoms with E-state index in [1.54, 1.807) is 6.07 Å². The van der Waals surface area contributed by atoms with E-state index in [0.29, 0.717) is 22.6 Å². The van der Waals surface area contributed by atoms with E-state index in [-0.39, 0.29) is 5.91 Å². The van der Waals surface area contributed by atoms with Gasteiger partial charge in [0.25, 0.3) is 0 Å². The number of amides is 1. The van der Waals surface area contributed by atoms with E-state index in [1.807, 2.05) is 48.5 Å². The van der Waals surface area contributed by atoms with Gasteiger partial charge in [0, 0.05) is 26.5 Å². The van der Waals surface area contributed by atoms with Crippen LogP contribution >= 0.6 is 23.2 Å². The van der Waals surface area contributed by atoms with E-state index in [9.17, 15) is 4.79 Å². The lowest BCUT2D eigenvalue weighted by Crippen LogP contribution is -2.42. The van der Waals surface area contributed by atoms with Gasteiger partial charge >= 0.3 is 0 Å². The Hall–Kier alpha value is -2.23. The Balaban J connectivity index is 1.71. The minimum Gasteiger partial charge on any atom is -0.493 e. The molecule has 3 aromatic rings. The van der Waals surface area contributed by atoms with Crippen molar-refractivity contribution in [3.05, 3.63) is 70.2 Å². The van der Waals surface area contributed by atoms with Gasteiger partial charge in [0.2, 0.25) is 5.91 Å². The molecule has 5 heteroatoms. The molecule has 0 aromatic heterocycles. The second-order valence-corrected chi connectivity index (χ2v) is 9.93. The third-order valence-corrected chi connectivity index (χ3v) is 6.84. The molecule has 3 aromatic carbocycles. The summed E-state index contributed by atoms with van der Waals surface area (Å²) in [5.41, 5.74) is 0.993. The molecule has 4 rings (SSSR count). The number of hydrogen-bond acceptors (Lipinski definition) is 2. The van der Waals surface area contributed by atoms with Crippen molar-refractivity contribution in [1.29, 1.82) is 0 Å². The van der Waals surface area contributed by atoms with Crippen molar-refractivity contribution in [3.63, 3.8) is 0 Å². The van der Waals surface area contributed by atoms with Crippen molar-refractivity contribution in [2.75, 3.05) is 11.9 Å². The Morgan fingerprint density at radius 2 is 1.72 bits per heavy atom. The molecule has 0 spiro atoms. The number of nitrogens with one attached hydrogen (secondary N) is 1. The summed E-state index contributed by atoms with van der Waals surface area (Å²) in [5.74, 6) is 1.26. The number of carbonyl (C=O) groups excluding carboxylic acids is 1. The number of ether oxygens (including phenoxy) is 1. The molecule has 0 heterocycles. The van der Waals surface area contributed by atoms with Crippen molar-refractivity contribution >= 4 is 45.6 Å². The van der Waals surface area contributed by atoms with Gasteiger partial charge in [-0.2, -0.15) is 0 Å². The number of halogens is 2. The summed E-state index contributed by atoms with van der Waals surface area (Å²) < 4.78 is 6.03. The molecule has 1 amide bonds. The molecular formula is C27H29Cl2NO2. The van der Waals surface area contributed by atoms with Crippen LogP contribution in [-0.4, -0.2) is 12.5 Å². The van der Waals surface area contributed by atoms with Crippen LogP contribution in [0.1, 0.15) is 51.5 Å². The molecule has 0 saturated heterocycles. The first-order valence-corrected chi connectivity index (χ1v) is 12.1. The highest BCUT2D eigenvalue weighted by molar-refractivity contribution is 6.35. The van der Waals surface area contributed by atoms with Gasteiger partial charge in [-0.05, 0) is 48.6 Å². The first-order chi connectivity index (χ1) is 15.4. The van der Waals surface area contributed by atoms with Crippen LogP contribution in [0, 0.1) is 5.92 Å². The molecule has 1 N–H and O–H groups in total. The lowest BCUT2D eigenvalue weighted by molar-refractivity contribution is -0.122. The molecule has 0 atom stereocenters. The van der Waals surface area contributed by atoms with Gasteiger partial charge in [0.05, 0.1) is 12.0 Å². The number of fused-ring (bicyclic) bond motifs is 1. The van der Waals surface area contributed by atoms with E-state index in [1.165, 1.54) is 0 Å². The minimum absolute atomic E-state index is 0.0116. The molecule has 1 saturated carbocycles. The summed E-state index contributed by atoms with van der Waals surface area (Å²) in [7, 11) is 0. The molecule has 1 fully saturated rings. The van der Waals surface area contributed by atoms with Crippen LogP contribution in [0.25, 0.3) is 10.8 Å². The zero-order valence-corrected chi connectivity index (χ0v) is 20.1. The average Bonchev–Trinajstić information content (AvgIpc) is 2.79. The highest BCUT2D eigenvalue weighted by Crippen LogP contribution is 2.44. The zero-order chi connectivity index (χ0) is 22.7. The van der Waals surface area contributed by atoms with E-state index in [4.69, 9.17) is 27.9 Å². The van der Waals surface area contributed by atoms with Gasteiger partial charge in [-0.1, -0.05) is 86.6 Å². The second kappa shape index (κ2) is 9.72. The predicted molar refractivity (Wildman–Crippen MR) is 134 cm³/mol. The van der Waals surface area contributed by atoms with Crippen LogP contribution in [0.4, 0.5) is 5.69 Å². The molecule has 32 heavy (non-hydrogen) atoms. The molecule has 1 aliphatic rings. The van der Waals surface area contributed by atoms with Gasteiger partial charge in [-0.15, -0.1) is 0 Å². The number of anilines is 1. The zero-order valence-electron chi connectivity index (χ0n) is 18.6. The predicted octanol–water partition coefficient (Wildman–Crippen LogP) is 8.02. The maximum absolute atomic E-state index is 13.8. The van der Waals surface area contributed by atoms with Gasteiger partial charge in [-0.25, -0.2) is 0 Å². The van der Waals surface area contributed by atoms with Gasteiger partial charge in [-0.3, -0.25) is 4.79 Å². The average molecular weight is 470 g/mol. The lowest BCUT2D eigenvalue weighted by atomic mass is 9.68. The fourth-order valence-corrected chi connectivity index (χ4v) is 5.25. The SMILES string of the molecule is CC(C)COc1ccc(NC(=O)C2(c3ccc(Cl)cc3Cl)CCCCC2)c2ccccc12. The lowest BCUT2D eigenvalue weighted by Gasteiger charge is -2.37. The normalized spacial score (nSPS) is 15.7. The highest BCUT2D eigenvalue weighted by atomic mass is 35.5. The van der Waals surface area contributed by atoms with Gasteiger partial charge in [0.1, 0.15) is 5.75 Å². The van der Waals surface area contributed by atoms with Crippen molar-refractivity contribution in [3.8, 4) is 5.75 Å². The number of hydrogen-bond donors (Lipinski definition) is 1. The summed E-state index contributed by atoms with van der Waals surface area (Å²) in [6, 6.07) is 17.4. The van der Waals surface area contributed by atoms with Gasteiger partial charge in [0.15, 0.2) is 0 Å². The molecule has 168 valence electrons. The van der Waals surface area contributed by atoms with Crippen molar-refractivity contribution in [1.82, 2.24) is 0 Å². The maximum Gasteiger partial charge on any atom is 0.235 e. The molecule has 0 bridgehead atoms. The summed E-state index contributed by atoms with van der Waals surface area (Å²) >= 11 is 12.7. The first-order valence-electron chi connectivity index (χ1n) is 11.3. The largest absolute Gasteiger partial charge is 0.493 e. The smallest absolute Gasteiger partial charge is 0.235 e. The summed E-state index contributed by atoms with van der Waals surface area (Å²) in [6.45, 7) is 4.90. The fourth-order valence-electron chi connectivity index (χ4n) is 4.66. The van der Waals surface area contributed by atoms with Crippen LogP contribution in [-0.2, 0) is 10.2 Å². The molecular weight excluding hydrogens is 441 g/mol. The minimum atomic E-state index is -0.659. The summed E-state index contributed by atoms with van der Waals surface area (Å²) in [6.07, 6.45) is 4.66. The Kier molecular flexibility index (Phi) is 6.97. The molecule has 0 unspecified atom stereocenters. The Bertz CT molecular complexity index is 1120. The van der Waals surface area contributed by atoms with E-state index in [2.05, 4.69) is 19.2 Å². The van der Waals surface area contributed by atoms with Crippen LogP contribution < -0.4 is 10.1 Å². The van der Waals surface area contributed by atoms with Crippen LogP contribution in [0.2, 0.25) is 10.0 Å². The van der Waals surface area contributed by atoms with Crippen LogP contribution in [0.3, 0.4) is 0 Å². The Morgan fingerprint density at radius 3 is 2.41 bits per heavy atom. The first kappa shape index (κ1) is 22.9. The topological polar surface area (TPSA) is 38.3 Å². The third-order valence-electron chi connectivity index (χ3n) is 6.29. The number of carbonyl (C=O) groups is 1. The quantitative estimate of drug-likeness (QED) is 0.396. The van der Waals surface area contributed by atoms with Crippen molar-refractivity contribution in [2.45, 2.75) is 51.4 Å². The third kappa shape index (κ3) is 4.60. The Labute approximate surface area is 200 Å².